The highest BCUT2D eigenvalue weighted by atomic mass is 32.2. The maximum Gasteiger partial charge on any atom is 0.243 e. The molecule has 0 radical (unpaired) electrons. The van der Waals surface area contributed by atoms with E-state index in [2.05, 4.69) is 34.5 Å². The van der Waals surface area contributed by atoms with Crippen LogP contribution in [0.4, 0.5) is 5.69 Å². The zero-order valence-corrected chi connectivity index (χ0v) is 20.5. The second-order valence-electron chi connectivity index (χ2n) is 9.38. The molecule has 0 bridgehead atoms. The first-order valence-electron chi connectivity index (χ1n) is 12.1. The van der Waals surface area contributed by atoms with E-state index in [1.165, 1.54) is 29.3 Å². The Morgan fingerprint density at radius 3 is 2.27 bits per heavy atom. The Morgan fingerprint density at radius 1 is 0.939 bits per heavy atom. The lowest BCUT2D eigenvalue weighted by atomic mass is 9.97. The van der Waals surface area contributed by atoms with Crippen LogP contribution in [0.25, 0.3) is 0 Å². The van der Waals surface area contributed by atoms with Gasteiger partial charge in [-0.15, -0.1) is 0 Å². The van der Waals surface area contributed by atoms with Crippen LogP contribution < -0.4 is 10.2 Å². The summed E-state index contributed by atoms with van der Waals surface area (Å²) in [6, 6.07) is 15.2. The number of carbonyl (C=O) groups is 1. The highest BCUT2D eigenvalue weighted by Crippen LogP contribution is 2.26. The molecule has 2 saturated heterocycles. The van der Waals surface area contributed by atoms with E-state index in [0.29, 0.717) is 19.4 Å². The van der Waals surface area contributed by atoms with Crippen molar-refractivity contribution in [3.63, 3.8) is 0 Å². The van der Waals surface area contributed by atoms with Crippen molar-refractivity contribution in [3.05, 3.63) is 59.7 Å². The number of hydrogen-bond donors (Lipinski definition) is 1. The Hall–Kier alpha value is -2.38. The van der Waals surface area contributed by atoms with Crippen LogP contribution in [0.2, 0.25) is 0 Å². The summed E-state index contributed by atoms with van der Waals surface area (Å²) >= 11 is 0. The molecule has 0 aliphatic carbocycles. The van der Waals surface area contributed by atoms with Crippen LogP contribution in [0.5, 0.6) is 0 Å². The van der Waals surface area contributed by atoms with Crippen molar-refractivity contribution < 1.29 is 13.2 Å². The second kappa shape index (κ2) is 10.3. The standard InChI is InChI=1S/C26H35N3O3S/c1-20-8-14-25(15-9-20)33(31,32)29-18-6-7-23(19-29)26(30)27-21(2)22-10-12-24(13-11-22)28-16-4-3-5-17-28/h8-15,21,23H,3-7,16-19H2,1-2H3,(H,27,30)/t21-,23-/m0/s1. The highest BCUT2D eigenvalue weighted by molar-refractivity contribution is 7.89. The molecule has 0 unspecified atom stereocenters. The number of hydrogen-bond acceptors (Lipinski definition) is 4. The molecule has 2 atom stereocenters. The normalized spacial score (nSPS) is 20.9. The van der Waals surface area contributed by atoms with Gasteiger partial charge in [-0.2, -0.15) is 4.31 Å². The fourth-order valence-electron chi connectivity index (χ4n) is 4.77. The zero-order valence-electron chi connectivity index (χ0n) is 19.7. The lowest BCUT2D eigenvalue weighted by Gasteiger charge is -2.32. The highest BCUT2D eigenvalue weighted by Gasteiger charge is 2.33. The van der Waals surface area contributed by atoms with E-state index >= 15 is 0 Å². The van der Waals surface area contributed by atoms with Crippen LogP contribution >= 0.6 is 0 Å². The SMILES string of the molecule is Cc1ccc(S(=O)(=O)N2CCC[C@H](C(=O)N[C@@H](C)c3ccc(N4CCCCC4)cc3)C2)cc1. The number of sulfonamides is 1. The number of benzene rings is 2. The fraction of sp³-hybridized carbons (Fsp3) is 0.500. The number of nitrogens with one attached hydrogen (secondary N) is 1. The van der Waals surface area contributed by atoms with Crippen molar-refractivity contribution in [2.45, 2.75) is 56.9 Å². The summed E-state index contributed by atoms with van der Waals surface area (Å²) in [6.07, 6.45) is 5.18. The van der Waals surface area contributed by atoms with E-state index in [-0.39, 0.29) is 29.3 Å². The van der Waals surface area contributed by atoms with Crippen LogP contribution in [0.1, 0.15) is 56.2 Å². The van der Waals surface area contributed by atoms with Gasteiger partial charge in [0.15, 0.2) is 0 Å². The molecule has 0 aromatic heterocycles. The van der Waals surface area contributed by atoms with Crippen LogP contribution in [0.3, 0.4) is 0 Å². The second-order valence-corrected chi connectivity index (χ2v) is 11.3. The van der Waals surface area contributed by atoms with Gasteiger partial charge >= 0.3 is 0 Å². The van der Waals surface area contributed by atoms with Crippen LogP contribution in [-0.2, 0) is 14.8 Å². The Labute approximate surface area is 198 Å². The van der Waals surface area contributed by atoms with Gasteiger partial charge in [-0.3, -0.25) is 4.79 Å². The number of amides is 1. The first kappa shape index (κ1) is 23.8. The number of aryl methyl sites for hydroxylation is 1. The smallest absolute Gasteiger partial charge is 0.243 e. The average Bonchev–Trinajstić information content (AvgIpc) is 2.85. The van der Waals surface area contributed by atoms with Gasteiger partial charge in [-0.05, 0) is 75.8 Å². The molecule has 7 heteroatoms. The zero-order chi connectivity index (χ0) is 23.4. The molecule has 2 aliphatic rings. The number of piperidine rings is 2. The molecule has 2 fully saturated rings. The average molecular weight is 470 g/mol. The molecule has 2 aromatic rings. The lowest BCUT2D eigenvalue weighted by molar-refractivity contribution is -0.126. The number of nitrogens with zero attached hydrogens (tertiary/aromatic N) is 2. The van der Waals surface area contributed by atoms with E-state index in [1.54, 1.807) is 24.3 Å². The summed E-state index contributed by atoms with van der Waals surface area (Å²) in [5.41, 5.74) is 3.31. The minimum absolute atomic E-state index is 0.0774. The van der Waals surface area contributed by atoms with E-state index in [0.717, 1.165) is 24.2 Å². The summed E-state index contributed by atoms with van der Waals surface area (Å²) in [6.45, 7) is 6.80. The van der Waals surface area contributed by atoms with Crippen LogP contribution in [0.15, 0.2) is 53.4 Å². The third-order valence-corrected chi connectivity index (χ3v) is 8.77. The molecule has 2 aliphatic heterocycles. The van der Waals surface area contributed by atoms with E-state index < -0.39 is 10.0 Å². The molecule has 2 aromatic carbocycles. The molecule has 6 nitrogen and oxygen atoms in total. The maximum absolute atomic E-state index is 13.1. The molecule has 2 heterocycles. The summed E-state index contributed by atoms with van der Waals surface area (Å²) < 4.78 is 27.6. The summed E-state index contributed by atoms with van der Waals surface area (Å²) in [7, 11) is -3.59. The molecule has 1 N–H and O–H groups in total. The molecular formula is C26H35N3O3S. The Balaban J connectivity index is 1.37. The largest absolute Gasteiger partial charge is 0.372 e. The lowest BCUT2D eigenvalue weighted by Crippen LogP contribution is -2.45. The minimum Gasteiger partial charge on any atom is -0.372 e. The molecule has 33 heavy (non-hydrogen) atoms. The number of carbonyl (C=O) groups excluding carboxylic acids is 1. The van der Waals surface area contributed by atoms with Crippen molar-refractivity contribution in [1.29, 1.82) is 0 Å². The predicted octanol–water partition coefficient (Wildman–Crippen LogP) is 4.26. The monoisotopic (exact) mass is 469 g/mol. The topological polar surface area (TPSA) is 69.7 Å². The van der Waals surface area contributed by atoms with Gasteiger partial charge in [0.25, 0.3) is 0 Å². The summed E-state index contributed by atoms with van der Waals surface area (Å²) in [5, 5.41) is 3.11. The summed E-state index contributed by atoms with van der Waals surface area (Å²) in [5.74, 6) is -0.416. The van der Waals surface area contributed by atoms with Gasteiger partial charge < -0.3 is 10.2 Å². The Morgan fingerprint density at radius 2 is 1.61 bits per heavy atom. The quantitative estimate of drug-likeness (QED) is 0.686. The van der Waals surface area contributed by atoms with Crippen molar-refractivity contribution in [2.24, 2.45) is 5.92 Å². The minimum atomic E-state index is -3.59. The number of rotatable bonds is 6. The van der Waals surface area contributed by atoms with Crippen molar-refractivity contribution in [2.75, 3.05) is 31.1 Å². The predicted molar refractivity (Wildman–Crippen MR) is 132 cm³/mol. The first-order chi connectivity index (χ1) is 15.8. The van der Waals surface area contributed by atoms with Crippen molar-refractivity contribution in [1.82, 2.24) is 9.62 Å². The van der Waals surface area contributed by atoms with Gasteiger partial charge in [0.05, 0.1) is 16.9 Å². The third kappa shape index (κ3) is 5.58. The third-order valence-electron chi connectivity index (χ3n) is 6.89. The number of anilines is 1. The van der Waals surface area contributed by atoms with Crippen molar-refractivity contribution in [3.8, 4) is 0 Å². The van der Waals surface area contributed by atoms with Gasteiger partial charge in [-0.1, -0.05) is 29.8 Å². The maximum atomic E-state index is 13.1. The summed E-state index contributed by atoms with van der Waals surface area (Å²) in [4.78, 5) is 15.7. The van der Waals surface area contributed by atoms with Crippen LogP contribution in [-0.4, -0.2) is 44.8 Å². The Kier molecular flexibility index (Phi) is 7.39. The fourth-order valence-corrected chi connectivity index (χ4v) is 6.30. The molecule has 4 rings (SSSR count). The van der Waals surface area contributed by atoms with Gasteiger partial charge in [-0.25, -0.2) is 8.42 Å². The van der Waals surface area contributed by atoms with E-state index in [9.17, 15) is 13.2 Å². The molecular weight excluding hydrogens is 434 g/mol. The molecule has 1 amide bonds. The van der Waals surface area contributed by atoms with Crippen molar-refractivity contribution >= 4 is 21.6 Å². The first-order valence-corrected chi connectivity index (χ1v) is 13.5. The molecule has 178 valence electrons. The van der Waals surface area contributed by atoms with Gasteiger partial charge in [0.1, 0.15) is 0 Å². The van der Waals surface area contributed by atoms with Gasteiger partial charge in [0.2, 0.25) is 15.9 Å². The van der Waals surface area contributed by atoms with E-state index in [1.807, 2.05) is 13.8 Å². The van der Waals surface area contributed by atoms with E-state index in [4.69, 9.17) is 0 Å². The molecule has 0 spiro atoms. The van der Waals surface area contributed by atoms with Crippen LogP contribution in [0, 0.1) is 12.8 Å². The van der Waals surface area contributed by atoms with Gasteiger partial charge in [0, 0.05) is 31.9 Å². The molecule has 0 saturated carbocycles. The Bertz CT molecular complexity index is 1050.